The topological polar surface area (TPSA) is 85.5 Å². The SMILES string of the molecule is N=C(c1ccccc1)C1C(=NCCO)C(=O)NC1c1ccccc1. The molecule has 0 radical (unpaired) electrons. The lowest BCUT2D eigenvalue weighted by Crippen LogP contribution is -2.27. The highest BCUT2D eigenvalue weighted by Gasteiger charge is 2.42. The van der Waals surface area contributed by atoms with E-state index in [1.807, 2.05) is 60.7 Å². The van der Waals surface area contributed by atoms with Gasteiger partial charge in [-0.3, -0.25) is 9.79 Å². The summed E-state index contributed by atoms with van der Waals surface area (Å²) in [5, 5.41) is 20.6. The van der Waals surface area contributed by atoms with Gasteiger partial charge in [-0.2, -0.15) is 0 Å². The van der Waals surface area contributed by atoms with Gasteiger partial charge in [-0.15, -0.1) is 0 Å². The largest absolute Gasteiger partial charge is 0.394 e. The monoisotopic (exact) mass is 321 g/mol. The Morgan fingerprint density at radius 1 is 1.08 bits per heavy atom. The highest BCUT2D eigenvalue weighted by Crippen LogP contribution is 2.31. The minimum absolute atomic E-state index is 0.127. The molecule has 0 saturated carbocycles. The fourth-order valence-corrected chi connectivity index (χ4v) is 2.98. The first-order valence-corrected chi connectivity index (χ1v) is 7.87. The number of aliphatic hydroxyl groups is 1. The van der Waals surface area contributed by atoms with E-state index in [-0.39, 0.29) is 25.1 Å². The van der Waals surface area contributed by atoms with Crippen LogP contribution in [-0.2, 0) is 4.79 Å². The molecule has 1 aliphatic heterocycles. The third kappa shape index (κ3) is 3.12. The van der Waals surface area contributed by atoms with Crippen LogP contribution < -0.4 is 5.32 Å². The molecule has 1 amide bonds. The predicted molar refractivity (Wildman–Crippen MR) is 93.5 cm³/mol. The Morgan fingerprint density at radius 2 is 1.71 bits per heavy atom. The molecule has 2 aromatic rings. The summed E-state index contributed by atoms with van der Waals surface area (Å²) in [5.74, 6) is -0.753. The Labute approximate surface area is 140 Å². The lowest BCUT2D eigenvalue weighted by molar-refractivity contribution is -0.114. The summed E-state index contributed by atoms with van der Waals surface area (Å²) in [7, 11) is 0. The molecular formula is C19H19N3O2. The number of aliphatic imine (C=N–C) groups is 1. The average molecular weight is 321 g/mol. The van der Waals surface area contributed by atoms with Gasteiger partial charge in [0.25, 0.3) is 5.91 Å². The molecule has 5 heteroatoms. The number of benzene rings is 2. The number of nitrogens with one attached hydrogen (secondary N) is 2. The number of nitrogens with zero attached hydrogens (tertiary/aromatic N) is 1. The maximum absolute atomic E-state index is 12.4. The molecule has 3 rings (SSSR count). The van der Waals surface area contributed by atoms with Crippen LogP contribution >= 0.6 is 0 Å². The lowest BCUT2D eigenvalue weighted by Gasteiger charge is -2.20. The minimum Gasteiger partial charge on any atom is -0.394 e. The first-order chi connectivity index (χ1) is 11.7. The summed E-state index contributed by atoms with van der Waals surface area (Å²) in [5.41, 5.74) is 2.36. The number of aliphatic hydroxyl groups excluding tert-OH is 1. The molecule has 1 heterocycles. The number of hydrogen-bond acceptors (Lipinski definition) is 4. The van der Waals surface area contributed by atoms with Crippen molar-refractivity contribution in [2.45, 2.75) is 6.04 Å². The zero-order valence-corrected chi connectivity index (χ0v) is 13.1. The fraction of sp³-hybridized carbons (Fsp3) is 0.211. The summed E-state index contributed by atoms with van der Waals surface area (Å²) in [6, 6.07) is 18.6. The van der Waals surface area contributed by atoms with Crippen LogP contribution in [0.4, 0.5) is 0 Å². The summed E-state index contributed by atoms with van der Waals surface area (Å²) in [6.45, 7) is 0.0288. The summed E-state index contributed by atoms with van der Waals surface area (Å²) >= 11 is 0. The predicted octanol–water partition coefficient (Wildman–Crippen LogP) is 1.98. The molecule has 0 spiro atoms. The standard InChI is InChI=1S/C19H19N3O2/c20-16(13-7-3-1-4-8-13)15-17(14-9-5-2-6-10-14)22-19(24)18(15)21-11-12-23/h1-10,15,17,20,23H,11-12H2,(H,22,24). The van der Waals surface area contributed by atoms with Crippen LogP contribution in [0.15, 0.2) is 65.7 Å². The van der Waals surface area contributed by atoms with Crippen molar-refractivity contribution < 1.29 is 9.90 Å². The molecule has 3 N–H and O–H groups in total. The van der Waals surface area contributed by atoms with Gasteiger partial charge in [0, 0.05) is 0 Å². The maximum Gasteiger partial charge on any atom is 0.266 e. The van der Waals surface area contributed by atoms with Crippen LogP contribution in [0.1, 0.15) is 17.2 Å². The van der Waals surface area contributed by atoms with Gasteiger partial charge in [0.05, 0.1) is 30.8 Å². The highest BCUT2D eigenvalue weighted by atomic mass is 16.3. The Bertz CT molecular complexity index is 757. The van der Waals surface area contributed by atoms with E-state index in [1.54, 1.807) is 0 Å². The fourth-order valence-electron chi connectivity index (χ4n) is 2.98. The molecule has 1 fully saturated rings. The van der Waals surface area contributed by atoms with Gasteiger partial charge < -0.3 is 15.8 Å². The molecule has 2 unspecified atom stereocenters. The van der Waals surface area contributed by atoms with Crippen molar-refractivity contribution >= 4 is 17.3 Å². The van der Waals surface area contributed by atoms with Crippen molar-refractivity contribution in [3.63, 3.8) is 0 Å². The molecule has 1 saturated heterocycles. The first-order valence-electron chi connectivity index (χ1n) is 7.87. The second kappa shape index (κ2) is 7.19. The van der Waals surface area contributed by atoms with Crippen LogP contribution in [0, 0.1) is 11.3 Å². The molecule has 5 nitrogen and oxygen atoms in total. The van der Waals surface area contributed by atoms with Gasteiger partial charge in [0.1, 0.15) is 5.71 Å². The molecule has 2 atom stereocenters. The van der Waals surface area contributed by atoms with E-state index in [0.717, 1.165) is 11.1 Å². The number of carbonyl (C=O) groups is 1. The molecular weight excluding hydrogens is 302 g/mol. The molecule has 122 valence electrons. The second-order valence-corrected chi connectivity index (χ2v) is 5.61. The van der Waals surface area contributed by atoms with Crippen molar-refractivity contribution in [2.75, 3.05) is 13.2 Å². The van der Waals surface area contributed by atoms with Crippen molar-refractivity contribution in [2.24, 2.45) is 10.9 Å². The molecule has 0 aliphatic carbocycles. The van der Waals surface area contributed by atoms with Crippen molar-refractivity contribution in [1.29, 1.82) is 5.41 Å². The van der Waals surface area contributed by atoms with Crippen molar-refractivity contribution in [3.05, 3.63) is 71.8 Å². The van der Waals surface area contributed by atoms with Gasteiger partial charge in [0.2, 0.25) is 0 Å². The van der Waals surface area contributed by atoms with E-state index in [1.165, 1.54) is 0 Å². The van der Waals surface area contributed by atoms with Gasteiger partial charge in [0.15, 0.2) is 0 Å². The Hall–Kier alpha value is -2.79. The van der Waals surface area contributed by atoms with Crippen LogP contribution in [0.3, 0.4) is 0 Å². The zero-order chi connectivity index (χ0) is 16.9. The van der Waals surface area contributed by atoms with Crippen LogP contribution in [-0.4, -0.2) is 35.6 Å². The number of carbonyl (C=O) groups excluding carboxylic acids is 1. The van der Waals surface area contributed by atoms with E-state index in [2.05, 4.69) is 10.3 Å². The minimum atomic E-state index is -0.478. The molecule has 1 aliphatic rings. The van der Waals surface area contributed by atoms with Crippen molar-refractivity contribution in [1.82, 2.24) is 5.32 Å². The van der Waals surface area contributed by atoms with Crippen LogP contribution in [0.25, 0.3) is 0 Å². The summed E-state index contributed by atoms with van der Waals surface area (Å²) in [4.78, 5) is 16.6. The van der Waals surface area contributed by atoms with Gasteiger partial charge in [-0.1, -0.05) is 60.7 Å². The summed E-state index contributed by atoms with van der Waals surface area (Å²) in [6.07, 6.45) is 0. The van der Waals surface area contributed by atoms with Gasteiger partial charge in [-0.25, -0.2) is 0 Å². The van der Waals surface area contributed by atoms with E-state index < -0.39 is 5.92 Å². The average Bonchev–Trinajstić information content (AvgIpc) is 2.97. The summed E-state index contributed by atoms with van der Waals surface area (Å²) < 4.78 is 0. The van der Waals surface area contributed by atoms with E-state index in [9.17, 15) is 4.79 Å². The highest BCUT2D eigenvalue weighted by molar-refractivity contribution is 6.46. The van der Waals surface area contributed by atoms with Crippen LogP contribution in [0.5, 0.6) is 0 Å². The Balaban J connectivity index is 2.03. The number of hydrogen-bond donors (Lipinski definition) is 3. The zero-order valence-electron chi connectivity index (χ0n) is 13.1. The first kappa shape index (κ1) is 16.1. The maximum atomic E-state index is 12.4. The third-order valence-corrected chi connectivity index (χ3v) is 4.08. The molecule has 0 aromatic heterocycles. The Kier molecular flexibility index (Phi) is 4.82. The third-order valence-electron chi connectivity index (χ3n) is 4.08. The van der Waals surface area contributed by atoms with E-state index in [4.69, 9.17) is 10.5 Å². The van der Waals surface area contributed by atoms with Gasteiger partial charge in [-0.05, 0) is 11.1 Å². The lowest BCUT2D eigenvalue weighted by atomic mass is 9.85. The van der Waals surface area contributed by atoms with E-state index >= 15 is 0 Å². The van der Waals surface area contributed by atoms with Crippen LogP contribution in [0.2, 0.25) is 0 Å². The smallest absolute Gasteiger partial charge is 0.266 e. The number of amides is 1. The molecule has 0 bridgehead atoms. The normalized spacial score (nSPS) is 21.7. The van der Waals surface area contributed by atoms with E-state index in [0.29, 0.717) is 11.4 Å². The molecule has 24 heavy (non-hydrogen) atoms. The van der Waals surface area contributed by atoms with Gasteiger partial charge >= 0.3 is 0 Å². The Morgan fingerprint density at radius 3 is 2.33 bits per heavy atom. The number of rotatable bonds is 5. The second-order valence-electron chi connectivity index (χ2n) is 5.61. The van der Waals surface area contributed by atoms with Crippen molar-refractivity contribution in [3.8, 4) is 0 Å². The quantitative estimate of drug-likeness (QED) is 0.736. The molecule has 2 aromatic carbocycles.